The fourth-order valence-electron chi connectivity index (χ4n) is 3.05. The van der Waals surface area contributed by atoms with Gasteiger partial charge in [-0.3, -0.25) is 0 Å². The van der Waals surface area contributed by atoms with Gasteiger partial charge in [0.2, 0.25) is 0 Å². The van der Waals surface area contributed by atoms with E-state index < -0.39 is 0 Å². The van der Waals surface area contributed by atoms with Crippen LogP contribution in [0.5, 0.6) is 0 Å². The highest BCUT2D eigenvalue weighted by Gasteiger charge is 2.30. The monoisotopic (exact) mass is 321 g/mol. The van der Waals surface area contributed by atoms with Crippen LogP contribution in [0.2, 0.25) is 0 Å². The number of thioether (sulfide) groups is 2. The molecule has 1 fully saturated rings. The Morgan fingerprint density at radius 3 is 2.81 bits per heavy atom. The Kier molecular flexibility index (Phi) is 4.82. The third-order valence-corrected chi connectivity index (χ3v) is 7.54. The molecule has 1 aliphatic rings. The number of para-hydroxylation sites is 2. The van der Waals surface area contributed by atoms with Crippen LogP contribution in [0.15, 0.2) is 24.3 Å². The van der Waals surface area contributed by atoms with Crippen LogP contribution in [0.1, 0.15) is 12.7 Å². The maximum Gasteiger partial charge on any atom is 0.111 e. The maximum atomic E-state index is 4.83. The highest BCUT2D eigenvalue weighted by Crippen LogP contribution is 2.34. The third kappa shape index (κ3) is 3.10. The second-order valence-corrected chi connectivity index (χ2v) is 8.36. The Morgan fingerprint density at radius 1 is 1.33 bits per heavy atom. The van der Waals surface area contributed by atoms with Gasteiger partial charge in [-0.2, -0.15) is 23.5 Å². The summed E-state index contributed by atoms with van der Waals surface area (Å²) in [6.07, 6.45) is 0.990. The first-order valence-corrected chi connectivity index (χ1v) is 9.61. The fourth-order valence-corrected chi connectivity index (χ4v) is 6.05. The minimum absolute atomic E-state index is 0.480. The average Bonchev–Trinajstić information content (AvgIpc) is 2.82. The van der Waals surface area contributed by atoms with Crippen molar-refractivity contribution in [2.45, 2.75) is 29.9 Å². The highest BCUT2D eigenvalue weighted by atomic mass is 32.2. The number of rotatable bonds is 4. The number of hydrogen-bond donors (Lipinski definition) is 1. The number of imidazole rings is 1. The van der Waals surface area contributed by atoms with Crippen molar-refractivity contribution >= 4 is 34.6 Å². The molecule has 3 unspecified atom stereocenters. The zero-order valence-electron chi connectivity index (χ0n) is 12.9. The molecule has 1 aliphatic heterocycles. The van der Waals surface area contributed by atoms with Gasteiger partial charge in [0, 0.05) is 41.5 Å². The summed E-state index contributed by atoms with van der Waals surface area (Å²) in [7, 11) is 4.21. The molecule has 5 heteroatoms. The SMILES string of the molecule is CNC(Cc1nc2ccccc2n1C)C1SCCSC1C. The number of fused-ring (bicyclic) bond motifs is 1. The summed E-state index contributed by atoms with van der Waals surface area (Å²) in [6, 6.07) is 8.87. The van der Waals surface area contributed by atoms with Crippen molar-refractivity contribution in [1.29, 1.82) is 0 Å². The van der Waals surface area contributed by atoms with Gasteiger partial charge in [0.05, 0.1) is 11.0 Å². The van der Waals surface area contributed by atoms with Gasteiger partial charge in [0.1, 0.15) is 5.82 Å². The first kappa shape index (κ1) is 15.3. The molecule has 2 aromatic rings. The summed E-state index contributed by atoms with van der Waals surface area (Å²) in [5.74, 6) is 3.73. The molecule has 0 saturated carbocycles. The molecule has 1 aromatic heterocycles. The quantitative estimate of drug-likeness (QED) is 0.938. The number of benzene rings is 1. The van der Waals surface area contributed by atoms with Gasteiger partial charge in [-0.1, -0.05) is 19.1 Å². The highest BCUT2D eigenvalue weighted by molar-refractivity contribution is 8.07. The lowest BCUT2D eigenvalue weighted by Crippen LogP contribution is -2.44. The standard InChI is InChI=1S/C16H23N3S2/c1-11-16(21-9-8-20-11)13(17-2)10-15-18-12-6-4-5-7-14(12)19(15)3/h4-7,11,13,16-17H,8-10H2,1-3H3. The van der Waals surface area contributed by atoms with Crippen LogP contribution in [0.3, 0.4) is 0 Å². The number of nitrogens with one attached hydrogen (secondary N) is 1. The molecule has 1 aromatic carbocycles. The van der Waals surface area contributed by atoms with Crippen molar-refractivity contribution in [3.8, 4) is 0 Å². The molecule has 3 rings (SSSR count). The van der Waals surface area contributed by atoms with Gasteiger partial charge in [-0.05, 0) is 19.2 Å². The minimum atomic E-state index is 0.480. The smallest absolute Gasteiger partial charge is 0.111 e. The summed E-state index contributed by atoms with van der Waals surface area (Å²) in [4.78, 5) is 4.83. The Balaban J connectivity index is 1.83. The largest absolute Gasteiger partial charge is 0.331 e. The fraction of sp³-hybridized carbons (Fsp3) is 0.562. The van der Waals surface area contributed by atoms with Crippen LogP contribution < -0.4 is 5.32 Å². The number of likely N-dealkylation sites (N-methyl/N-ethyl adjacent to an activating group) is 1. The molecule has 0 aliphatic carbocycles. The van der Waals surface area contributed by atoms with E-state index in [2.05, 4.69) is 78.7 Å². The molecule has 1 N–H and O–H groups in total. The number of aromatic nitrogens is 2. The van der Waals surface area contributed by atoms with Crippen molar-refractivity contribution in [2.24, 2.45) is 7.05 Å². The lowest BCUT2D eigenvalue weighted by Gasteiger charge is -2.34. The van der Waals surface area contributed by atoms with Gasteiger partial charge in [0.25, 0.3) is 0 Å². The van der Waals surface area contributed by atoms with Gasteiger partial charge in [0.15, 0.2) is 0 Å². The Morgan fingerprint density at radius 2 is 2.10 bits per heavy atom. The van der Waals surface area contributed by atoms with Gasteiger partial charge < -0.3 is 9.88 Å². The number of hydrogen-bond acceptors (Lipinski definition) is 4. The average molecular weight is 322 g/mol. The molecule has 21 heavy (non-hydrogen) atoms. The predicted octanol–water partition coefficient (Wildman–Crippen LogP) is 2.94. The molecule has 114 valence electrons. The first-order valence-electron chi connectivity index (χ1n) is 7.51. The molecule has 2 heterocycles. The van der Waals surface area contributed by atoms with E-state index in [0.717, 1.165) is 11.9 Å². The third-order valence-electron chi connectivity index (χ3n) is 4.29. The van der Waals surface area contributed by atoms with Gasteiger partial charge >= 0.3 is 0 Å². The number of aryl methyl sites for hydroxylation is 1. The van der Waals surface area contributed by atoms with E-state index in [0.29, 0.717) is 16.5 Å². The summed E-state index contributed by atoms with van der Waals surface area (Å²) in [6.45, 7) is 2.36. The van der Waals surface area contributed by atoms with Crippen molar-refractivity contribution in [2.75, 3.05) is 18.6 Å². The molecule has 3 nitrogen and oxygen atoms in total. The predicted molar refractivity (Wildman–Crippen MR) is 95.4 cm³/mol. The molecule has 0 spiro atoms. The topological polar surface area (TPSA) is 29.9 Å². The maximum absolute atomic E-state index is 4.83. The first-order chi connectivity index (χ1) is 10.2. The molecular formula is C16H23N3S2. The van der Waals surface area contributed by atoms with E-state index in [-0.39, 0.29) is 0 Å². The van der Waals surface area contributed by atoms with Crippen molar-refractivity contribution in [3.63, 3.8) is 0 Å². The number of nitrogens with zero attached hydrogens (tertiary/aromatic N) is 2. The van der Waals surface area contributed by atoms with Crippen LogP contribution in [0.25, 0.3) is 11.0 Å². The van der Waals surface area contributed by atoms with Gasteiger partial charge in [-0.25, -0.2) is 4.98 Å². The normalized spacial score (nSPS) is 24.3. The Bertz CT molecular complexity index is 611. The summed E-state index contributed by atoms with van der Waals surface area (Å²) < 4.78 is 2.24. The second kappa shape index (κ2) is 6.63. The van der Waals surface area contributed by atoms with E-state index >= 15 is 0 Å². The summed E-state index contributed by atoms with van der Waals surface area (Å²) in [5, 5.41) is 4.90. The molecule has 0 bridgehead atoms. The zero-order valence-corrected chi connectivity index (χ0v) is 14.5. The van der Waals surface area contributed by atoms with Crippen molar-refractivity contribution < 1.29 is 0 Å². The summed E-state index contributed by atoms with van der Waals surface area (Å²) >= 11 is 4.22. The van der Waals surface area contributed by atoms with E-state index in [1.54, 1.807) is 0 Å². The van der Waals surface area contributed by atoms with Crippen LogP contribution in [0.4, 0.5) is 0 Å². The van der Waals surface area contributed by atoms with Crippen LogP contribution in [0, 0.1) is 0 Å². The zero-order chi connectivity index (χ0) is 14.8. The molecule has 0 amide bonds. The lowest BCUT2D eigenvalue weighted by molar-refractivity contribution is 0.514. The van der Waals surface area contributed by atoms with E-state index in [4.69, 9.17) is 4.98 Å². The van der Waals surface area contributed by atoms with Crippen molar-refractivity contribution in [1.82, 2.24) is 14.9 Å². The van der Waals surface area contributed by atoms with E-state index in [1.807, 2.05) is 0 Å². The molecular weight excluding hydrogens is 298 g/mol. The minimum Gasteiger partial charge on any atom is -0.331 e. The van der Waals surface area contributed by atoms with Crippen molar-refractivity contribution in [3.05, 3.63) is 30.1 Å². The van der Waals surface area contributed by atoms with E-state index in [1.165, 1.54) is 22.8 Å². The molecule has 1 saturated heterocycles. The second-order valence-electron chi connectivity index (χ2n) is 5.59. The molecule has 3 atom stereocenters. The van der Waals surface area contributed by atoms with Crippen LogP contribution >= 0.6 is 23.5 Å². The lowest BCUT2D eigenvalue weighted by atomic mass is 10.1. The van der Waals surface area contributed by atoms with Crippen LogP contribution in [-0.2, 0) is 13.5 Å². The Hall–Kier alpha value is -0.650. The van der Waals surface area contributed by atoms with E-state index in [9.17, 15) is 0 Å². The summed E-state index contributed by atoms with van der Waals surface area (Å²) in [5.41, 5.74) is 2.32. The van der Waals surface area contributed by atoms with Gasteiger partial charge in [-0.15, -0.1) is 0 Å². The van der Waals surface area contributed by atoms with Crippen LogP contribution in [-0.4, -0.2) is 44.6 Å². The Labute approximate surface area is 135 Å². The molecule has 0 radical (unpaired) electrons.